The van der Waals surface area contributed by atoms with E-state index in [0.717, 1.165) is 0 Å². The van der Waals surface area contributed by atoms with E-state index < -0.39 is 0 Å². The Bertz CT molecular complexity index is 602. The summed E-state index contributed by atoms with van der Waals surface area (Å²) in [6.45, 7) is 0.191. The van der Waals surface area contributed by atoms with Crippen molar-refractivity contribution in [3.63, 3.8) is 0 Å². The van der Waals surface area contributed by atoms with Gasteiger partial charge in [0.1, 0.15) is 17.3 Å². The molecule has 6 nitrogen and oxygen atoms in total. The van der Waals surface area contributed by atoms with Crippen LogP contribution in [0, 0.1) is 11.3 Å². The Morgan fingerprint density at radius 3 is 2.72 bits per heavy atom. The van der Waals surface area contributed by atoms with E-state index in [1.54, 1.807) is 12.1 Å². The van der Waals surface area contributed by atoms with Gasteiger partial charge in [-0.15, -0.1) is 10.2 Å². The van der Waals surface area contributed by atoms with E-state index in [9.17, 15) is 0 Å². The molecule has 0 spiro atoms. The highest BCUT2D eigenvalue weighted by Gasteiger charge is 2.17. The van der Waals surface area contributed by atoms with E-state index in [0.29, 0.717) is 11.5 Å². The average Bonchev–Trinajstić information content (AvgIpc) is 2.67. The van der Waals surface area contributed by atoms with Crippen molar-refractivity contribution in [3.05, 3.63) is 33.7 Å². The van der Waals surface area contributed by atoms with Gasteiger partial charge in [-0.2, -0.15) is 10.4 Å². The Balaban J connectivity index is 2.52. The van der Waals surface area contributed by atoms with Crippen LogP contribution in [0.15, 0.2) is 12.1 Å². The molecule has 0 atom stereocenters. The first-order valence-corrected chi connectivity index (χ1v) is 5.59. The number of hydrogen-bond donors (Lipinski definition) is 0. The van der Waals surface area contributed by atoms with Gasteiger partial charge in [0, 0.05) is 7.11 Å². The summed E-state index contributed by atoms with van der Waals surface area (Å²) in [4.78, 5) is 0. The van der Waals surface area contributed by atoms with E-state index in [-0.39, 0.29) is 22.5 Å². The molecule has 0 saturated carbocycles. The molecule has 0 fully saturated rings. The molecule has 2 aromatic rings. The van der Waals surface area contributed by atoms with E-state index in [4.69, 9.17) is 33.2 Å². The first kappa shape index (κ1) is 12.8. The van der Waals surface area contributed by atoms with Gasteiger partial charge in [-0.3, -0.25) is 0 Å². The molecule has 0 aliphatic heterocycles. The Hall–Kier alpha value is -1.68. The largest absolute Gasteiger partial charge is 0.378 e. The third-order valence-corrected chi connectivity index (χ3v) is 2.68. The summed E-state index contributed by atoms with van der Waals surface area (Å²) in [6, 6.07) is 5.14. The lowest BCUT2D eigenvalue weighted by Crippen LogP contribution is -2.02. The highest BCUT2D eigenvalue weighted by molar-refractivity contribution is 6.31. The van der Waals surface area contributed by atoms with Crippen molar-refractivity contribution in [3.8, 4) is 11.9 Å². The van der Waals surface area contributed by atoms with E-state index >= 15 is 0 Å². The number of halogens is 2. The highest BCUT2D eigenvalue weighted by atomic mass is 35.5. The molecule has 0 aromatic carbocycles. The van der Waals surface area contributed by atoms with E-state index in [1.807, 2.05) is 6.07 Å². The molecule has 0 saturated heterocycles. The Labute approximate surface area is 113 Å². The quantitative estimate of drug-likeness (QED) is 0.861. The van der Waals surface area contributed by atoms with Gasteiger partial charge in [0.25, 0.3) is 0 Å². The maximum absolute atomic E-state index is 9.03. The standard InChI is InChI=1S/C10H7Cl2N5O/c1-18-5-7-6(4-13)10(12)17(16-7)9-3-2-8(11)14-15-9/h2-3H,5H2,1H3. The first-order valence-electron chi connectivity index (χ1n) is 4.83. The average molecular weight is 284 g/mol. The van der Waals surface area contributed by atoms with Gasteiger partial charge in [0.2, 0.25) is 0 Å². The van der Waals surface area contributed by atoms with Crippen molar-refractivity contribution < 1.29 is 4.74 Å². The summed E-state index contributed by atoms with van der Waals surface area (Å²) in [5.41, 5.74) is 0.706. The van der Waals surface area contributed by atoms with Crippen molar-refractivity contribution in [1.82, 2.24) is 20.0 Å². The fraction of sp³-hybridized carbons (Fsp3) is 0.200. The predicted molar refractivity (Wildman–Crippen MR) is 64.6 cm³/mol. The lowest BCUT2D eigenvalue weighted by molar-refractivity contribution is 0.181. The normalized spacial score (nSPS) is 10.3. The molecule has 0 bridgehead atoms. The van der Waals surface area contributed by atoms with Gasteiger partial charge in [0.05, 0.1) is 6.61 Å². The lowest BCUT2D eigenvalue weighted by atomic mass is 10.3. The number of ether oxygens (including phenoxy) is 1. The summed E-state index contributed by atoms with van der Waals surface area (Å²) >= 11 is 11.7. The minimum atomic E-state index is 0.168. The molecule has 0 N–H and O–H groups in total. The Morgan fingerprint density at radius 1 is 1.39 bits per heavy atom. The molecule has 2 rings (SSSR count). The van der Waals surface area contributed by atoms with Crippen LogP contribution < -0.4 is 0 Å². The number of hydrogen-bond acceptors (Lipinski definition) is 5. The minimum absolute atomic E-state index is 0.168. The minimum Gasteiger partial charge on any atom is -0.378 e. The fourth-order valence-electron chi connectivity index (χ4n) is 1.36. The van der Waals surface area contributed by atoms with Crippen LogP contribution in [0.2, 0.25) is 10.3 Å². The molecule has 18 heavy (non-hydrogen) atoms. The SMILES string of the molecule is COCc1nn(-c2ccc(Cl)nn2)c(Cl)c1C#N. The van der Waals surface area contributed by atoms with Crippen LogP contribution in [0.4, 0.5) is 0 Å². The molecule has 0 aliphatic carbocycles. The van der Waals surface area contributed by atoms with Crippen LogP contribution in [0.3, 0.4) is 0 Å². The van der Waals surface area contributed by atoms with Gasteiger partial charge in [-0.1, -0.05) is 23.2 Å². The number of nitrogens with zero attached hydrogens (tertiary/aromatic N) is 5. The van der Waals surface area contributed by atoms with Crippen LogP contribution in [-0.2, 0) is 11.3 Å². The van der Waals surface area contributed by atoms with Gasteiger partial charge in [-0.25, -0.2) is 4.68 Å². The third kappa shape index (κ3) is 2.29. The van der Waals surface area contributed by atoms with E-state index in [2.05, 4.69) is 15.3 Å². The molecule has 0 unspecified atom stereocenters. The summed E-state index contributed by atoms with van der Waals surface area (Å²) in [5.74, 6) is 0.378. The molecular formula is C10H7Cl2N5O. The van der Waals surface area contributed by atoms with Crippen molar-refractivity contribution in [1.29, 1.82) is 5.26 Å². The van der Waals surface area contributed by atoms with Crippen LogP contribution in [0.25, 0.3) is 5.82 Å². The van der Waals surface area contributed by atoms with Crippen molar-refractivity contribution in [2.45, 2.75) is 6.61 Å². The maximum atomic E-state index is 9.03. The zero-order valence-electron chi connectivity index (χ0n) is 9.26. The van der Waals surface area contributed by atoms with Crippen LogP contribution in [-0.4, -0.2) is 27.1 Å². The van der Waals surface area contributed by atoms with Crippen LogP contribution in [0.5, 0.6) is 0 Å². The Morgan fingerprint density at radius 2 is 2.17 bits per heavy atom. The van der Waals surface area contributed by atoms with Gasteiger partial charge in [-0.05, 0) is 12.1 Å². The number of aromatic nitrogens is 4. The van der Waals surface area contributed by atoms with E-state index in [1.165, 1.54) is 11.8 Å². The Kier molecular flexibility index (Phi) is 3.77. The second-order valence-corrected chi connectivity index (χ2v) is 4.03. The van der Waals surface area contributed by atoms with Crippen LogP contribution >= 0.6 is 23.2 Å². The zero-order valence-corrected chi connectivity index (χ0v) is 10.8. The third-order valence-electron chi connectivity index (χ3n) is 2.13. The van der Waals surface area contributed by atoms with Crippen LogP contribution in [0.1, 0.15) is 11.3 Å². The van der Waals surface area contributed by atoms with Gasteiger partial charge >= 0.3 is 0 Å². The summed E-state index contributed by atoms with van der Waals surface area (Å²) in [6.07, 6.45) is 0. The van der Waals surface area contributed by atoms with Gasteiger partial charge < -0.3 is 4.74 Å². The molecule has 2 aromatic heterocycles. The molecular weight excluding hydrogens is 277 g/mol. The summed E-state index contributed by atoms with van der Waals surface area (Å²) in [5, 5.41) is 21.2. The second kappa shape index (κ2) is 5.31. The maximum Gasteiger partial charge on any atom is 0.177 e. The number of methoxy groups -OCH3 is 1. The van der Waals surface area contributed by atoms with Crippen molar-refractivity contribution >= 4 is 23.2 Å². The second-order valence-electron chi connectivity index (χ2n) is 3.28. The molecule has 0 radical (unpaired) electrons. The molecule has 8 heteroatoms. The monoisotopic (exact) mass is 283 g/mol. The fourth-order valence-corrected chi connectivity index (χ4v) is 1.74. The molecule has 92 valence electrons. The number of rotatable bonds is 3. The molecule has 0 amide bonds. The predicted octanol–water partition coefficient (Wildman–Crippen LogP) is 1.99. The van der Waals surface area contributed by atoms with Crippen molar-refractivity contribution in [2.24, 2.45) is 0 Å². The zero-order chi connectivity index (χ0) is 13.1. The highest BCUT2D eigenvalue weighted by Crippen LogP contribution is 2.22. The summed E-state index contributed by atoms with van der Waals surface area (Å²) < 4.78 is 6.27. The first-order chi connectivity index (χ1) is 8.67. The smallest absolute Gasteiger partial charge is 0.177 e. The summed E-state index contributed by atoms with van der Waals surface area (Å²) in [7, 11) is 1.51. The van der Waals surface area contributed by atoms with Crippen molar-refractivity contribution in [2.75, 3.05) is 7.11 Å². The topological polar surface area (TPSA) is 76.6 Å². The number of nitriles is 1. The van der Waals surface area contributed by atoms with Gasteiger partial charge in [0.15, 0.2) is 16.1 Å². The molecule has 2 heterocycles. The lowest BCUT2D eigenvalue weighted by Gasteiger charge is -1.99. The molecule has 0 aliphatic rings.